The van der Waals surface area contributed by atoms with E-state index in [4.69, 9.17) is 21.2 Å². The average molecular weight is 456 g/mol. The standard InChI is InChI=1S/C16H15BrClF2O4P/c17-14-9-12(3-6-15(14)24-25(21,22)16(19)20)10-23-8-7-11-1-4-13(18)5-2-11/h1-6,9,16H,7-8,10H2,(H,21,22). The zero-order chi connectivity index (χ0) is 18.4. The fraction of sp³-hybridized carbons (Fsp3) is 0.250. The molecule has 1 atom stereocenters. The van der Waals surface area contributed by atoms with Crippen LogP contribution in [0.15, 0.2) is 46.9 Å². The summed E-state index contributed by atoms with van der Waals surface area (Å²) >= 11 is 8.95. The molecular formula is C16H15BrClF2O4P. The van der Waals surface area contributed by atoms with Gasteiger partial charge in [-0.3, -0.25) is 0 Å². The van der Waals surface area contributed by atoms with Crippen molar-refractivity contribution in [2.45, 2.75) is 19.2 Å². The molecule has 0 saturated carbocycles. The van der Waals surface area contributed by atoms with Crippen LogP contribution in [0.1, 0.15) is 11.1 Å². The molecule has 0 heterocycles. The SMILES string of the molecule is O=P(O)(Oc1ccc(COCCc2ccc(Cl)cc2)cc1Br)C(F)F. The zero-order valence-electron chi connectivity index (χ0n) is 12.9. The van der Waals surface area contributed by atoms with Gasteiger partial charge in [0.15, 0.2) is 0 Å². The Hall–Kier alpha value is -0.980. The Balaban J connectivity index is 1.86. The maximum atomic E-state index is 12.4. The summed E-state index contributed by atoms with van der Waals surface area (Å²) in [6, 6.07) is 12.0. The topological polar surface area (TPSA) is 55.8 Å². The van der Waals surface area contributed by atoms with Gasteiger partial charge in [-0.25, -0.2) is 4.57 Å². The quantitative estimate of drug-likeness (QED) is 0.413. The highest BCUT2D eigenvalue weighted by atomic mass is 79.9. The lowest BCUT2D eigenvalue weighted by Crippen LogP contribution is -2.02. The van der Waals surface area contributed by atoms with Crippen LogP contribution in [0, 0.1) is 0 Å². The van der Waals surface area contributed by atoms with Gasteiger partial charge in [-0.2, -0.15) is 8.78 Å². The molecule has 4 nitrogen and oxygen atoms in total. The first-order chi connectivity index (χ1) is 11.8. The molecule has 0 aliphatic heterocycles. The molecule has 9 heteroatoms. The molecule has 136 valence electrons. The highest BCUT2D eigenvalue weighted by molar-refractivity contribution is 9.10. The van der Waals surface area contributed by atoms with Gasteiger partial charge >= 0.3 is 13.8 Å². The van der Waals surface area contributed by atoms with E-state index in [-0.39, 0.29) is 5.75 Å². The molecule has 0 saturated heterocycles. The van der Waals surface area contributed by atoms with Crippen LogP contribution in [0.5, 0.6) is 5.75 Å². The molecule has 0 aliphatic rings. The fourth-order valence-electron chi connectivity index (χ4n) is 1.92. The van der Waals surface area contributed by atoms with Gasteiger partial charge in [0, 0.05) is 5.02 Å². The molecule has 25 heavy (non-hydrogen) atoms. The van der Waals surface area contributed by atoms with Crippen molar-refractivity contribution in [2.75, 3.05) is 6.61 Å². The normalized spacial score (nSPS) is 13.7. The Morgan fingerprint density at radius 2 is 1.80 bits per heavy atom. The summed E-state index contributed by atoms with van der Waals surface area (Å²) in [7, 11) is -5.00. The largest absolute Gasteiger partial charge is 0.442 e. The zero-order valence-corrected chi connectivity index (χ0v) is 16.1. The van der Waals surface area contributed by atoms with E-state index in [1.807, 2.05) is 24.3 Å². The molecule has 1 N–H and O–H groups in total. The predicted octanol–water partition coefficient (Wildman–Crippen LogP) is 5.65. The minimum absolute atomic E-state index is 0.129. The molecule has 0 radical (unpaired) electrons. The highest BCUT2D eigenvalue weighted by Crippen LogP contribution is 2.50. The summed E-state index contributed by atoms with van der Waals surface area (Å²) in [5.41, 5.74) is 1.86. The van der Waals surface area contributed by atoms with Crippen LogP contribution < -0.4 is 4.52 Å². The van der Waals surface area contributed by atoms with E-state index in [1.165, 1.54) is 6.07 Å². The van der Waals surface area contributed by atoms with Crippen LogP contribution in [-0.4, -0.2) is 17.7 Å². The van der Waals surface area contributed by atoms with Crippen molar-refractivity contribution in [1.82, 2.24) is 0 Å². The van der Waals surface area contributed by atoms with Crippen molar-refractivity contribution < 1.29 is 27.5 Å². The van der Waals surface area contributed by atoms with E-state index in [1.54, 1.807) is 12.1 Å². The van der Waals surface area contributed by atoms with Crippen LogP contribution in [0.4, 0.5) is 8.78 Å². The molecule has 0 amide bonds. The van der Waals surface area contributed by atoms with Crippen LogP contribution in [0.25, 0.3) is 0 Å². The summed E-state index contributed by atoms with van der Waals surface area (Å²) in [4.78, 5) is 9.07. The van der Waals surface area contributed by atoms with Gasteiger partial charge in [-0.1, -0.05) is 29.8 Å². The Morgan fingerprint density at radius 3 is 2.40 bits per heavy atom. The highest BCUT2D eigenvalue weighted by Gasteiger charge is 2.34. The summed E-state index contributed by atoms with van der Waals surface area (Å²) in [6.07, 6.45) is -2.74. The Kier molecular flexibility index (Phi) is 7.40. The van der Waals surface area contributed by atoms with Crippen LogP contribution in [0.2, 0.25) is 5.02 Å². The summed E-state index contributed by atoms with van der Waals surface area (Å²) in [6.45, 7) is 0.798. The molecule has 0 bridgehead atoms. The monoisotopic (exact) mass is 454 g/mol. The Bertz CT molecular complexity index is 758. The second kappa shape index (κ2) is 9.10. The van der Waals surface area contributed by atoms with E-state index in [0.717, 1.165) is 17.5 Å². The number of halogens is 4. The van der Waals surface area contributed by atoms with Crippen LogP contribution >= 0.6 is 35.1 Å². The van der Waals surface area contributed by atoms with E-state index < -0.39 is 13.8 Å². The van der Waals surface area contributed by atoms with E-state index in [2.05, 4.69) is 20.5 Å². The molecule has 0 aromatic heterocycles. The summed E-state index contributed by atoms with van der Waals surface area (Å²) < 4.78 is 46.4. The number of ether oxygens (including phenoxy) is 1. The second-order valence-corrected chi connectivity index (χ2v) is 8.12. The lowest BCUT2D eigenvalue weighted by Gasteiger charge is -2.14. The van der Waals surface area contributed by atoms with Crippen molar-refractivity contribution in [3.05, 3.63) is 63.1 Å². The number of rotatable bonds is 8. The van der Waals surface area contributed by atoms with Gasteiger partial charge in [0.05, 0.1) is 17.7 Å². The average Bonchev–Trinajstić information content (AvgIpc) is 2.55. The fourth-order valence-corrected chi connectivity index (χ4v) is 3.20. The molecule has 0 spiro atoms. The Morgan fingerprint density at radius 1 is 1.16 bits per heavy atom. The third kappa shape index (κ3) is 6.35. The van der Waals surface area contributed by atoms with Crippen LogP contribution in [-0.2, 0) is 22.3 Å². The molecule has 2 aromatic carbocycles. The lowest BCUT2D eigenvalue weighted by atomic mass is 10.2. The molecule has 1 unspecified atom stereocenters. The van der Waals surface area contributed by atoms with Gasteiger partial charge in [-0.15, -0.1) is 0 Å². The Labute approximate surface area is 157 Å². The van der Waals surface area contributed by atoms with Gasteiger partial charge in [-0.05, 0) is 57.7 Å². The van der Waals surface area contributed by atoms with Gasteiger partial charge in [0.2, 0.25) is 0 Å². The minimum atomic E-state index is -5.00. The maximum absolute atomic E-state index is 12.4. The van der Waals surface area contributed by atoms with E-state index in [9.17, 15) is 13.3 Å². The molecular weight excluding hydrogens is 440 g/mol. The van der Waals surface area contributed by atoms with Crippen molar-refractivity contribution in [1.29, 1.82) is 0 Å². The van der Waals surface area contributed by atoms with Crippen molar-refractivity contribution in [2.24, 2.45) is 0 Å². The predicted molar refractivity (Wildman–Crippen MR) is 95.4 cm³/mol. The smallest absolute Gasteiger partial charge is 0.420 e. The molecule has 0 fully saturated rings. The third-order valence-electron chi connectivity index (χ3n) is 3.19. The molecule has 2 aromatic rings. The maximum Gasteiger partial charge on any atom is 0.442 e. The lowest BCUT2D eigenvalue weighted by molar-refractivity contribution is 0.124. The molecule has 0 aliphatic carbocycles. The number of hydrogen-bond donors (Lipinski definition) is 1. The minimum Gasteiger partial charge on any atom is -0.420 e. The van der Waals surface area contributed by atoms with Crippen molar-refractivity contribution >= 4 is 35.1 Å². The number of benzene rings is 2. The van der Waals surface area contributed by atoms with Crippen molar-refractivity contribution in [3.63, 3.8) is 0 Å². The number of alkyl halides is 2. The first kappa shape index (κ1) is 20.3. The van der Waals surface area contributed by atoms with Gasteiger partial charge in [0.25, 0.3) is 0 Å². The van der Waals surface area contributed by atoms with E-state index >= 15 is 0 Å². The van der Waals surface area contributed by atoms with Gasteiger partial charge < -0.3 is 14.2 Å². The molecule has 2 rings (SSSR count). The van der Waals surface area contributed by atoms with E-state index in [0.29, 0.717) is 22.7 Å². The third-order valence-corrected chi connectivity index (χ3v) is 5.01. The van der Waals surface area contributed by atoms with Crippen LogP contribution in [0.3, 0.4) is 0 Å². The number of hydrogen-bond acceptors (Lipinski definition) is 3. The summed E-state index contributed by atoms with van der Waals surface area (Å²) in [5.74, 6) is -0.129. The summed E-state index contributed by atoms with van der Waals surface area (Å²) in [5, 5.41) is 0.677. The second-order valence-electron chi connectivity index (χ2n) is 5.13. The first-order valence-electron chi connectivity index (χ1n) is 7.19. The van der Waals surface area contributed by atoms with Gasteiger partial charge in [0.1, 0.15) is 5.75 Å². The van der Waals surface area contributed by atoms with Crippen molar-refractivity contribution in [3.8, 4) is 5.75 Å². The first-order valence-corrected chi connectivity index (χ1v) is 10.0.